The van der Waals surface area contributed by atoms with E-state index in [0.29, 0.717) is 0 Å². The molecular formula is C17H20OS. The Hall–Kier alpha value is -0.990. The summed E-state index contributed by atoms with van der Waals surface area (Å²) in [7, 11) is 0. The monoisotopic (exact) mass is 272 g/mol. The quantitative estimate of drug-likeness (QED) is 0.840. The van der Waals surface area contributed by atoms with Crippen molar-refractivity contribution in [2.45, 2.75) is 25.9 Å². The van der Waals surface area contributed by atoms with E-state index in [1.54, 1.807) is 0 Å². The average Bonchev–Trinajstić information content (AvgIpc) is 2.41. The molecule has 0 saturated carbocycles. The van der Waals surface area contributed by atoms with Crippen LogP contribution in [0.4, 0.5) is 0 Å². The molecule has 0 aromatic heterocycles. The Kier molecular flexibility index (Phi) is 3.11. The summed E-state index contributed by atoms with van der Waals surface area (Å²) < 4.78 is 0. The fourth-order valence-corrected chi connectivity index (χ4v) is 4.62. The van der Waals surface area contributed by atoms with E-state index in [9.17, 15) is 5.11 Å². The van der Waals surface area contributed by atoms with Crippen LogP contribution in [0.25, 0.3) is 10.8 Å². The Bertz CT molecular complexity index is 600. The van der Waals surface area contributed by atoms with Crippen LogP contribution in [0.2, 0.25) is 0 Å². The molecule has 2 heteroatoms. The van der Waals surface area contributed by atoms with Crippen LogP contribution in [0, 0.1) is 5.41 Å². The van der Waals surface area contributed by atoms with Crippen LogP contribution in [0.1, 0.15) is 25.8 Å². The Morgan fingerprint density at radius 2 is 1.79 bits per heavy atom. The topological polar surface area (TPSA) is 20.2 Å². The second-order valence-electron chi connectivity index (χ2n) is 6.07. The predicted molar refractivity (Wildman–Crippen MR) is 83.6 cm³/mol. The van der Waals surface area contributed by atoms with Crippen LogP contribution in [0.5, 0.6) is 0 Å². The SMILES string of the molecule is CC1(C)CCSCC1(O)c1cccc2ccccc12. The number of aliphatic hydroxyl groups is 1. The first-order chi connectivity index (χ1) is 9.05. The molecule has 1 heterocycles. The number of rotatable bonds is 1. The third-order valence-electron chi connectivity index (χ3n) is 4.54. The zero-order chi connectivity index (χ0) is 13.5. The smallest absolute Gasteiger partial charge is 0.104 e. The van der Waals surface area contributed by atoms with Crippen LogP contribution in [-0.4, -0.2) is 16.6 Å². The van der Waals surface area contributed by atoms with Gasteiger partial charge >= 0.3 is 0 Å². The summed E-state index contributed by atoms with van der Waals surface area (Å²) >= 11 is 1.86. The zero-order valence-corrected chi connectivity index (χ0v) is 12.3. The summed E-state index contributed by atoms with van der Waals surface area (Å²) in [6.07, 6.45) is 1.05. The molecule has 1 fully saturated rings. The van der Waals surface area contributed by atoms with Gasteiger partial charge in [-0.15, -0.1) is 0 Å². The van der Waals surface area contributed by atoms with Crippen molar-refractivity contribution in [2.24, 2.45) is 5.41 Å². The van der Waals surface area contributed by atoms with Gasteiger partial charge in [0.25, 0.3) is 0 Å². The van der Waals surface area contributed by atoms with E-state index >= 15 is 0 Å². The third kappa shape index (κ3) is 1.98. The Morgan fingerprint density at radius 1 is 1.05 bits per heavy atom. The van der Waals surface area contributed by atoms with E-state index in [1.165, 1.54) is 10.8 Å². The van der Waals surface area contributed by atoms with Crippen molar-refractivity contribution in [1.82, 2.24) is 0 Å². The van der Waals surface area contributed by atoms with E-state index in [-0.39, 0.29) is 5.41 Å². The van der Waals surface area contributed by atoms with E-state index in [4.69, 9.17) is 0 Å². The van der Waals surface area contributed by atoms with Crippen molar-refractivity contribution in [2.75, 3.05) is 11.5 Å². The minimum Gasteiger partial charge on any atom is -0.384 e. The third-order valence-corrected chi connectivity index (χ3v) is 5.65. The molecule has 1 unspecified atom stereocenters. The molecule has 0 amide bonds. The van der Waals surface area contributed by atoms with Crippen molar-refractivity contribution >= 4 is 22.5 Å². The van der Waals surface area contributed by atoms with E-state index in [0.717, 1.165) is 23.5 Å². The fourth-order valence-electron chi connectivity index (χ4n) is 2.98. The standard InChI is InChI=1S/C17H20OS/c1-16(2)10-11-19-12-17(16,18)15-9-5-7-13-6-3-4-8-14(13)15/h3-9,18H,10-12H2,1-2H3. The largest absolute Gasteiger partial charge is 0.384 e. The molecule has 1 N–H and O–H groups in total. The summed E-state index contributed by atoms with van der Waals surface area (Å²) in [6, 6.07) is 14.6. The highest BCUT2D eigenvalue weighted by Gasteiger charge is 2.47. The molecule has 1 aliphatic rings. The van der Waals surface area contributed by atoms with Crippen molar-refractivity contribution in [3.63, 3.8) is 0 Å². The zero-order valence-electron chi connectivity index (χ0n) is 11.5. The van der Waals surface area contributed by atoms with E-state index in [2.05, 4.69) is 56.3 Å². The molecule has 3 rings (SSSR count). The fraction of sp³-hybridized carbons (Fsp3) is 0.412. The molecule has 0 radical (unpaired) electrons. The summed E-state index contributed by atoms with van der Waals surface area (Å²) in [4.78, 5) is 0. The van der Waals surface area contributed by atoms with Gasteiger partial charge in [-0.3, -0.25) is 0 Å². The second-order valence-corrected chi connectivity index (χ2v) is 7.18. The summed E-state index contributed by atoms with van der Waals surface area (Å²) in [5.74, 6) is 1.92. The van der Waals surface area contributed by atoms with Crippen molar-refractivity contribution in [3.05, 3.63) is 48.0 Å². The van der Waals surface area contributed by atoms with Crippen LogP contribution in [0.15, 0.2) is 42.5 Å². The van der Waals surface area contributed by atoms with Gasteiger partial charge in [0.05, 0.1) is 0 Å². The first-order valence-electron chi connectivity index (χ1n) is 6.83. The van der Waals surface area contributed by atoms with Gasteiger partial charge in [0.1, 0.15) is 5.60 Å². The Balaban J connectivity index is 2.23. The summed E-state index contributed by atoms with van der Waals surface area (Å²) in [6.45, 7) is 4.38. The molecule has 2 aromatic carbocycles. The van der Waals surface area contributed by atoms with Crippen molar-refractivity contribution in [1.29, 1.82) is 0 Å². The molecule has 19 heavy (non-hydrogen) atoms. The molecule has 0 spiro atoms. The average molecular weight is 272 g/mol. The van der Waals surface area contributed by atoms with Gasteiger partial charge in [-0.25, -0.2) is 0 Å². The lowest BCUT2D eigenvalue weighted by atomic mass is 9.69. The van der Waals surface area contributed by atoms with Gasteiger partial charge in [0.15, 0.2) is 0 Å². The number of fused-ring (bicyclic) bond motifs is 1. The van der Waals surface area contributed by atoms with Gasteiger partial charge in [-0.2, -0.15) is 11.8 Å². The summed E-state index contributed by atoms with van der Waals surface area (Å²) in [5, 5.41) is 13.7. The maximum absolute atomic E-state index is 11.3. The minimum absolute atomic E-state index is 0.0810. The van der Waals surface area contributed by atoms with Crippen molar-refractivity contribution < 1.29 is 5.11 Å². The lowest BCUT2D eigenvalue weighted by molar-refractivity contribution is -0.0566. The first-order valence-corrected chi connectivity index (χ1v) is 7.98. The molecule has 1 saturated heterocycles. The number of thioether (sulfide) groups is 1. The van der Waals surface area contributed by atoms with Crippen molar-refractivity contribution in [3.8, 4) is 0 Å². The van der Waals surface area contributed by atoms with Crippen LogP contribution in [-0.2, 0) is 5.60 Å². The molecular weight excluding hydrogens is 252 g/mol. The summed E-state index contributed by atoms with van der Waals surface area (Å²) in [5.41, 5.74) is 0.266. The van der Waals surface area contributed by atoms with Crippen LogP contribution in [0.3, 0.4) is 0 Å². The molecule has 2 aromatic rings. The number of benzene rings is 2. The lowest BCUT2D eigenvalue weighted by Gasteiger charge is -2.47. The Labute approximate surface area is 119 Å². The molecule has 1 atom stereocenters. The van der Waals surface area contributed by atoms with Gasteiger partial charge in [-0.05, 0) is 33.9 Å². The lowest BCUT2D eigenvalue weighted by Crippen LogP contribution is -2.47. The highest BCUT2D eigenvalue weighted by atomic mass is 32.2. The second kappa shape index (κ2) is 4.53. The predicted octanol–water partition coefficient (Wildman–Crippen LogP) is 4.19. The highest BCUT2D eigenvalue weighted by Crippen LogP contribution is 2.49. The van der Waals surface area contributed by atoms with E-state index < -0.39 is 5.60 Å². The molecule has 1 nitrogen and oxygen atoms in total. The van der Waals surface area contributed by atoms with Gasteiger partial charge in [-0.1, -0.05) is 56.3 Å². The van der Waals surface area contributed by atoms with Gasteiger partial charge in [0.2, 0.25) is 0 Å². The maximum atomic E-state index is 11.3. The Morgan fingerprint density at radius 3 is 2.58 bits per heavy atom. The molecule has 0 aliphatic carbocycles. The minimum atomic E-state index is -0.739. The van der Waals surface area contributed by atoms with Crippen LogP contribution < -0.4 is 0 Å². The van der Waals surface area contributed by atoms with Crippen LogP contribution >= 0.6 is 11.8 Å². The number of hydrogen-bond acceptors (Lipinski definition) is 2. The first kappa shape index (κ1) is 13.0. The molecule has 100 valence electrons. The highest BCUT2D eigenvalue weighted by molar-refractivity contribution is 7.99. The van der Waals surface area contributed by atoms with Gasteiger partial charge < -0.3 is 5.11 Å². The molecule has 1 aliphatic heterocycles. The number of hydrogen-bond donors (Lipinski definition) is 1. The maximum Gasteiger partial charge on any atom is 0.104 e. The van der Waals surface area contributed by atoms with E-state index in [1.807, 2.05) is 11.8 Å². The van der Waals surface area contributed by atoms with Gasteiger partial charge in [0, 0.05) is 5.75 Å². The normalized spacial score (nSPS) is 26.5. The molecule has 0 bridgehead atoms.